The van der Waals surface area contributed by atoms with Crippen molar-refractivity contribution >= 4 is 21.6 Å². The molecule has 1 aromatic carbocycles. The van der Waals surface area contributed by atoms with Crippen LogP contribution in [0.1, 0.15) is 12.8 Å². The smallest absolute Gasteiger partial charge is 0.121 e. The van der Waals surface area contributed by atoms with E-state index in [9.17, 15) is 0 Å². The summed E-state index contributed by atoms with van der Waals surface area (Å²) < 4.78 is 6.49. The highest BCUT2D eigenvalue weighted by molar-refractivity contribution is 9.10. The maximum Gasteiger partial charge on any atom is 0.121 e. The van der Waals surface area contributed by atoms with Gasteiger partial charge in [-0.15, -0.1) is 0 Å². The van der Waals surface area contributed by atoms with E-state index in [1.807, 2.05) is 6.07 Å². The van der Waals surface area contributed by atoms with Gasteiger partial charge in [0.15, 0.2) is 0 Å². The number of nitrogens with zero attached hydrogens (tertiary/aromatic N) is 2. The van der Waals surface area contributed by atoms with E-state index in [2.05, 4.69) is 37.9 Å². The van der Waals surface area contributed by atoms with E-state index in [0.29, 0.717) is 0 Å². The third-order valence-corrected chi connectivity index (χ3v) is 4.75. The number of ether oxygens (including phenoxy) is 1. The Labute approximate surface area is 117 Å². The molecule has 0 spiro atoms. The Morgan fingerprint density at radius 3 is 3.00 bits per heavy atom. The molecule has 4 heteroatoms. The van der Waals surface area contributed by atoms with Gasteiger partial charge in [-0.05, 0) is 47.4 Å². The van der Waals surface area contributed by atoms with E-state index in [-0.39, 0.29) is 0 Å². The van der Waals surface area contributed by atoms with Crippen LogP contribution in [0.5, 0.6) is 5.75 Å². The Morgan fingerprint density at radius 1 is 1.28 bits per heavy atom. The molecule has 0 N–H and O–H groups in total. The lowest BCUT2D eigenvalue weighted by Crippen LogP contribution is -2.50. The fourth-order valence-electron chi connectivity index (χ4n) is 3.07. The fourth-order valence-corrected chi connectivity index (χ4v) is 3.57. The molecule has 0 bridgehead atoms. The van der Waals surface area contributed by atoms with Crippen LogP contribution in [0.25, 0.3) is 0 Å². The summed E-state index contributed by atoms with van der Waals surface area (Å²) in [5.41, 5.74) is 1.26. The van der Waals surface area contributed by atoms with E-state index in [4.69, 9.17) is 4.74 Å². The van der Waals surface area contributed by atoms with Gasteiger partial charge in [0.2, 0.25) is 0 Å². The summed E-state index contributed by atoms with van der Waals surface area (Å²) >= 11 is 3.66. The van der Waals surface area contributed by atoms with Crippen molar-refractivity contribution in [3.63, 3.8) is 0 Å². The van der Waals surface area contributed by atoms with E-state index >= 15 is 0 Å². The monoisotopic (exact) mass is 310 g/mol. The lowest BCUT2D eigenvalue weighted by atomic mass is 10.1. The van der Waals surface area contributed by atoms with Crippen molar-refractivity contribution in [2.75, 3.05) is 38.2 Å². The molecule has 1 aromatic rings. The van der Waals surface area contributed by atoms with Crippen LogP contribution in [-0.4, -0.2) is 44.2 Å². The Morgan fingerprint density at radius 2 is 2.17 bits per heavy atom. The zero-order chi connectivity index (χ0) is 12.5. The van der Waals surface area contributed by atoms with Crippen molar-refractivity contribution in [3.05, 3.63) is 22.7 Å². The second-order valence-electron chi connectivity index (χ2n) is 5.10. The van der Waals surface area contributed by atoms with Crippen molar-refractivity contribution in [1.29, 1.82) is 0 Å². The van der Waals surface area contributed by atoms with E-state index in [1.165, 1.54) is 31.6 Å². The van der Waals surface area contributed by atoms with Gasteiger partial charge >= 0.3 is 0 Å². The molecule has 0 radical (unpaired) electrons. The molecule has 3 rings (SSSR count). The number of hydrogen-bond donors (Lipinski definition) is 0. The number of methoxy groups -OCH3 is 1. The molecular weight excluding hydrogens is 292 g/mol. The summed E-state index contributed by atoms with van der Waals surface area (Å²) in [6.07, 6.45) is 2.70. The maximum absolute atomic E-state index is 5.33. The lowest BCUT2D eigenvalue weighted by Gasteiger charge is -2.39. The second-order valence-corrected chi connectivity index (χ2v) is 5.95. The highest BCUT2D eigenvalue weighted by atomic mass is 79.9. The zero-order valence-electron chi connectivity index (χ0n) is 10.7. The van der Waals surface area contributed by atoms with Gasteiger partial charge in [0, 0.05) is 36.2 Å². The molecule has 3 nitrogen and oxygen atoms in total. The Kier molecular flexibility index (Phi) is 3.48. The molecule has 1 unspecified atom stereocenters. The predicted octanol–water partition coefficient (Wildman–Crippen LogP) is 2.74. The minimum Gasteiger partial charge on any atom is -0.497 e. The molecule has 98 valence electrons. The first-order chi connectivity index (χ1) is 8.78. The summed E-state index contributed by atoms with van der Waals surface area (Å²) in [7, 11) is 1.72. The Bertz CT molecular complexity index is 438. The van der Waals surface area contributed by atoms with Gasteiger partial charge in [-0.25, -0.2) is 0 Å². The van der Waals surface area contributed by atoms with Crippen molar-refractivity contribution in [3.8, 4) is 5.75 Å². The van der Waals surface area contributed by atoms with Crippen LogP contribution in [0.4, 0.5) is 5.69 Å². The van der Waals surface area contributed by atoms with Gasteiger partial charge in [0.05, 0.1) is 12.8 Å². The van der Waals surface area contributed by atoms with Crippen molar-refractivity contribution in [2.45, 2.75) is 18.9 Å². The van der Waals surface area contributed by atoms with Crippen LogP contribution >= 0.6 is 15.9 Å². The molecule has 2 saturated heterocycles. The van der Waals surface area contributed by atoms with E-state index in [0.717, 1.165) is 29.4 Å². The Balaban J connectivity index is 1.82. The summed E-state index contributed by atoms with van der Waals surface area (Å²) in [4.78, 5) is 5.11. The molecule has 0 saturated carbocycles. The molecule has 1 atom stereocenters. The van der Waals surface area contributed by atoms with E-state index < -0.39 is 0 Å². The number of piperazine rings is 1. The average Bonchev–Trinajstić information content (AvgIpc) is 2.86. The maximum atomic E-state index is 5.33. The SMILES string of the molecule is COc1ccc(Br)c(N2CCN3CCCC3C2)c1. The molecule has 2 aliphatic rings. The van der Waals surface area contributed by atoms with E-state index in [1.54, 1.807) is 7.11 Å². The standard InChI is InChI=1S/C14H19BrN2O/c1-18-12-4-5-13(15)14(9-12)17-8-7-16-6-2-3-11(16)10-17/h4-5,9,11H,2-3,6-8,10H2,1H3. The molecular formula is C14H19BrN2O. The minimum absolute atomic E-state index is 0.747. The Hall–Kier alpha value is -0.740. The fraction of sp³-hybridized carbons (Fsp3) is 0.571. The third kappa shape index (κ3) is 2.24. The first kappa shape index (κ1) is 12.3. The van der Waals surface area contributed by atoms with Gasteiger partial charge in [-0.3, -0.25) is 4.90 Å². The first-order valence-electron chi connectivity index (χ1n) is 6.60. The van der Waals surface area contributed by atoms with Crippen LogP contribution < -0.4 is 9.64 Å². The number of halogens is 1. The third-order valence-electron chi connectivity index (χ3n) is 4.08. The molecule has 2 fully saturated rings. The molecule has 0 aromatic heterocycles. The average molecular weight is 311 g/mol. The van der Waals surface area contributed by atoms with Crippen molar-refractivity contribution < 1.29 is 4.74 Å². The van der Waals surface area contributed by atoms with Gasteiger partial charge < -0.3 is 9.64 Å². The van der Waals surface area contributed by atoms with Gasteiger partial charge in [0.1, 0.15) is 5.75 Å². The number of benzene rings is 1. The van der Waals surface area contributed by atoms with Crippen molar-refractivity contribution in [2.24, 2.45) is 0 Å². The quantitative estimate of drug-likeness (QED) is 0.835. The molecule has 2 heterocycles. The molecule has 0 amide bonds. The minimum atomic E-state index is 0.747. The molecule has 2 aliphatic heterocycles. The van der Waals surface area contributed by atoms with Crippen LogP contribution in [0, 0.1) is 0 Å². The zero-order valence-corrected chi connectivity index (χ0v) is 12.3. The molecule has 0 aliphatic carbocycles. The summed E-state index contributed by atoms with van der Waals surface area (Å²) in [6, 6.07) is 6.96. The summed E-state index contributed by atoms with van der Waals surface area (Å²) in [5, 5.41) is 0. The normalized spacial score (nSPS) is 24.1. The van der Waals surface area contributed by atoms with Gasteiger partial charge in [-0.2, -0.15) is 0 Å². The van der Waals surface area contributed by atoms with Crippen molar-refractivity contribution in [1.82, 2.24) is 4.90 Å². The van der Waals surface area contributed by atoms with Crippen LogP contribution in [0.3, 0.4) is 0 Å². The van der Waals surface area contributed by atoms with Crippen LogP contribution in [-0.2, 0) is 0 Å². The summed E-state index contributed by atoms with van der Waals surface area (Å²) in [5.74, 6) is 0.932. The van der Waals surface area contributed by atoms with Crippen LogP contribution in [0.15, 0.2) is 22.7 Å². The second kappa shape index (κ2) is 5.10. The topological polar surface area (TPSA) is 15.7 Å². The predicted molar refractivity (Wildman–Crippen MR) is 77.5 cm³/mol. The highest BCUT2D eigenvalue weighted by Gasteiger charge is 2.31. The summed E-state index contributed by atoms with van der Waals surface area (Å²) in [6.45, 7) is 4.74. The number of rotatable bonds is 2. The number of anilines is 1. The first-order valence-corrected chi connectivity index (χ1v) is 7.40. The van der Waals surface area contributed by atoms with Crippen LogP contribution in [0.2, 0.25) is 0 Å². The number of hydrogen-bond acceptors (Lipinski definition) is 3. The van der Waals surface area contributed by atoms with Gasteiger partial charge in [0.25, 0.3) is 0 Å². The highest BCUT2D eigenvalue weighted by Crippen LogP contribution is 2.33. The number of fused-ring (bicyclic) bond motifs is 1. The molecule has 18 heavy (non-hydrogen) atoms. The largest absolute Gasteiger partial charge is 0.497 e. The lowest BCUT2D eigenvalue weighted by molar-refractivity contribution is 0.231. The van der Waals surface area contributed by atoms with Gasteiger partial charge in [-0.1, -0.05) is 0 Å².